The van der Waals surface area contributed by atoms with E-state index in [1.54, 1.807) is 11.0 Å². The van der Waals surface area contributed by atoms with Crippen LogP contribution in [0.3, 0.4) is 0 Å². The molecule has 28 heavy (non-hydrogen) atoms. The maximum Gasteiger partial charge on any atom is 0.254 e. The zero-order valence-corrected chi connectivity index (χ0v) is 16.5. The molecule has 1 aliphatic carbocycles. The van der Waals surface area contributed by atoms with Gasteiger partial charge in [-0.25, -0.2) is 4.98 Å². The van der Waals surface area contributed by atoms with E-state index in [0.29, 0.717) is 11.4 Å². The molecule has 6 nitrogen and oxygen atoms in total. The lowest BCUT2D eigenvalue weighted by Gasteiger charge is -2.38. The summed E-state index contributed by atoms with van der Waals surface area (Å²) in [6.45, 7) is 4.14. The highest BCUT2D eigenvalue weighted by Crippen LogP contribution is 2.35. The fourth-order valence-electron chi connectivity index (χ4n) is 3.97. The van der Waals surface area contributed by atoms with Crippen LogP contribution in [0.2, 0.25) is 0 Å². The van der Waals surface area contributed by atoms with Crippen LogP contribution in [-0.2, 0) is 13.5 Å². The van der Waals surface area contributed by atoms with E-state index >= 15 is 0 Å². The molecule has 0 spiro atoms. The Labute approximate surface area is 165 Å². The van der Waals surface area contributed by atoms with Gasteiger partial charge < -0.3 is 4.90 Å². The minimum Gasteiger partial charge on any atom is -0.328 e. The SMILES string of the molecule is CC(C)N(C(=O)c1ccc(-c2ncn(C)n2)cc1)C1CCCc2cccnc21. The number of pyridine rings is 1. The van der Waals surface area contributed by atoms with Gasteiger partial charge in [-0.1, -0.05) is 18.2 Å². The van der Waals surface area contributed by atoms with E-state index in [-0.39, 0.29) is 18.0 Å². The minimum atomic E-state index is 0.0228. The first-order chi connectivity index (χ1) is 13.5. The molecule has 0 saturated heterocycles. The molecule has 1 atom stereocenters. The zero-order valence-electron chi connectivity index (χ0n) is 16.5. The first-order valence-electron chi connectivity index (χ1n) is 9.77. The number of nitrogens with zero attached hydrogens (tertiary/aromatic N) is 5. The first kappa shape index (κ1) is 18.3. The highest BCUT2D eigenvalue weighted by molar-refractivity contribution is 5.95. The van der Waals surface area contributed by atoms with E-state index in [1.165, 1.54) is 5.56 Å². The number of benzene rings is 1. The van der Waals surface area contributed by atoms with Crippen molar-refractivity contribution in [1.29, 1.82) is 0 Å². The number of hydrogen-bond acceptors (Lipinski definition) is 4. The molecular formula is C22H25N5O. The standard InChI is InChI=1S/C22H25N5O/c1-15(2)27(19-8-4-6-16-7-5-13-23-20(16)19)22(28)18-11-9-17(10-12-18)21-24-14-26(3)25-21/h5,7,9-15,19H,4,6,8H2,1-3H3. The Hall–Kier alpha value is -3.02. The summed E-state index contributed by atoms with van der Waals surface area (Å²) in [7, 11) is 1.84. The fraction of sp³-hybridized carbons (Fsp3) is 0.364. The lowest BCUT2D eigenvalue weighted by molar-refractivity contribution is 0.0576. The largest absolute Gasteiger partial charge is 0.328 e. The molecule has 0 radical (unpaired) electrons. The molecule has 4 rings (SSSR count). The lowest BCUT2D eigenvalue weighted by Crippen LogP contribution is -2.41. The number of carbonyl (C=O) groups excluding carboxylic acids is 1. The molecule has 0 aliphatic heterocycles. The highest BCUT2D eigenvalue weighted by Gasteiger charge is 2.32. The van der Waals surface area contributed by atoms with Gasteiger partial charge in [-0.15, -0.1) is 0 Å². The smallest absolute Gasteiger partial charge is 0.254 e. The molecule has 2 heterocycles. The molecule has 3 aromatic rings. The number of aromatic nitrogens is 4. The number of amides is 1. The van der Waals surface area contributed by atoms with Gasteiger partial charge in [0, 0.05) is 30.4 Å². The van der Waals surface area contributed by atoms with Crippen LogP contribution in [0.15, 0.2) is 48.9 Å². The molecule has 1 aliphatic rings. The molecule has 0 bridgehead atoms. The van der Waals surface area contributed by atoms with E-state index in [1.807, 2.05) is 48.5 Å². The Kier molecular flexibility index (Phi) is 4.94. The van der Waals surface area contributed by atoms with E-state index in [0.717, 1.165) is 30.5 Å². The van der Waals surface area contributed by atoms with Crippen LogP contribution in [-0.4, -0.2) is 36.6 Å². The maximum absolute atomic E-state index is 13.4. The third kappa shape index (κ3) is 3.42. The first-order valence-corrected chi connectivity index (χ1v) is 9.77. The summed E-state index contributed by atoms with van der Waals surface area (Å²) in [5.41, 5.74) is 3.88. The normalized spacial score (nSPS) is 16.1. The van der Waals surface area contributed by atoms with Gasteiger partial charge in [0.15, 0.2) is 5.82 Å². The summed E-state index contributed by atoms with van der Waals surface area (Å²) in [4.78, 5) is 24.3. The molecule has 1 aromatic carbocycles. The Balaban J connectivity index is 1.63. The second-order valence-corrected chi connectivity index (χ2v) is 7.58. The van der Waals surface area contributed by atoms with Crippen molar-refractivity contribution in [3.05, 3.63) is 65.7 Å². The Morgan fingerprint density at radius 1 is 1.18 bits per heavy atom. The Morgan fingerprint density at radius 2 is 1.96 bits per heavy atom. The van der Waals surface area contributed by atoms with Crippen molar-refractivity contribution in [2.24, 2.45) is 7.05 Å². The average Bonchev–Trinajstić information content (AvgIpc) is 3.14. The van der Waals surface area contributed by atoms with Crippen molar-refractivity contribution in [2.45, 2.75) is 45.2 Å². The third-order valence-electron chi connectivity index (χ3n) is 5.28. The molecule has 1 unspecified atom stereocenters. The molecule has 0 saturated carbocycles. The van der Waals surface area contributed by atoms with Crippen LogP contribution in [0.25, 0.3) is 11.4 Å². The summed E-state index contributed by atoms with van der Waals surface area (Å²) in [5.74, 6) is 0.701. The number of aryl methyl sites for hydroxylation is 2. The Morgan fingerprint density at radius 3 is 2.64 bits per heavy atom. The van der Waals surface area contributed by atoms with Crippen LogP contribution in [0.1, 0.15) is 54.3 Å². The van der Waals surface area contributed by atoms with Gasteiger partial charge in [0.25, 0.3) is 5.91 Å². The van der Waals surface area contributed by atoms with Gasteiger partial charge in [0.2, 0.25) is 0 Å². The van der Waals surface area contributed by atoms with Crippen LogP contribution < -0.4 is 0 Å². The zero-order chi connectivity index (χ0) is 19.7. The number of hydrogen-bond donors (Lipinski definition) is 0. The molecule has 2 aromatic heterocycles. The molecule has 6 heteroatoms. The predicted molar refractivity (Wildman–Crippen MR) is 108 cm³/mol. The molecule has 144 valence electrons. The topological polar surface area (TPSA) is 63.9 Å². The van der Waals surface area contributed by atoms with Crippen LogP contribution >= 0.6 is 0 Å². The third-order valence-corrected chi connectivity index (χ3v) is 5.28. The van der Waals surface area contributed by atoms with Crippen LogP contribution in [0, 0.1) is 0 Å². The molecule has 0 fully saturated rings. The number of fused-ring (bicyclic) bond motifs is 1. The summed E-state index contributed by atoms with van der Waals surface area (Å²) in [6.07, 6.45) is 6.55. The van der Waals surface area contributed by atoms with Gasteiger partial charge in [-0.05, 0) is 56.9 Å². The van der Waals surface area contributed by atoms with Crippen molar-refractivity contribution < 1.29 is 4.79 Å². The van der Waals surface area contributed by atoms with Gasteiger partial charge in [-0.2, -0.15) is 5.10 Å². The summed E-state index contributed by atoms with van der Waals surface area (Å²) < 4.78 is 1.67. The summed E-state index contributed by atoms with van der Waals surface area (Å²) in [5, 5.41) is 4.32. The van der Waals surface area contributed by atoms with Crippen LogP contribution in [0.4, 0.5) is 0 Å². The quantitative estimate of drug-likeness (QED) is 0.696. The number of rotatable bonds is 4. The molecule has 0 N–H and O–H groups in total. The van der Waals surface area contributed by atoms with Crippen molar-refractivity contribution in [3.63, 3.8) is 0 Å². The van der Waals surface area contributed by atoms with E-state index in [4.69, 9.17) is 0 Å². The second-order valence-electron chi connectivity index (χ2n) is 7.58. The van der Waals surface area contributed by atoms with Gasteiger partial charge in [-0.3, -0.25) is 14.5 Å². The van der Waals surface area contributed by atoms with Gasteiger partial charge in [0.05, 0.1) is 11.7 Å². The summed E-state index contributed by atoms with van der Waals surface area (Å²) >= 11 is 0. The van der Waals surface area contributed by atoms with E-state index < -0.39 is 0 Å². The van der Waals surface area contributed by atoms with Crippen LogP contribution in [0.5, 0.6) is 0 Å². The highest BCUT2D eigenvalue weighted by atomic mass is 16.2. The van der Waals surface area contributed by atoms with Crippen molar-refractivity contribution >= 4 is 5.91 Å². The molecule has 1 amide bonds. The minimum absolute atomic E-state index is 0.0228. The van der Waals surface area contributed by atoms with E-state index in [9.17, 15) is 4.79 Å². The summed E-state index contributed by atoms with van der Waals surface area (Å²) in [6, 6.07) is 11.8. The van der Waals surface area contributed by atoms with Crippen molar-refractivity contribution in [3.8, 4) is 11.4 Å². The second kappa shape index (κ2) is 7.54. The average molecular weight is 375 g/mol. The molecular weight excluding hydrogens is 350 g/mol. The van der Waals surface area contributed by atoms with Crippen molar-refractivity contribution in [1.82, 2.24) is 24.6 Å². The van der Waals surface area contributed by atoms with Gasteiger partial charge >= 0.3 is 0 Å². The fourth-order valence-corrected chi connectivity index (χ4v) is 3.97. The monoisotopic (exact) mass is 375 g/mol. The Bertz CT molecular complexity index is 977. The van der Waals surface area contributed by atoms with Crippen molar-refractivity contribution in [2.75, 3.05) is 0 Å². The van der Waals surface area contributed by atoms with E-state index in [2.05, 4.69) is 35.0 Å². The number of carbonyl (C=O) groups is 1. The predicted octanol–water partition coefficient (Wildman–Crippen LogP) is 3.81. The lowest BCUT2D eigenvalue weighted by atomic mass is 9.89. The van der Waals surface area contributed by atoms with Gasteiger partial charge in [0.1, 0.15) is 6.33 Å². The maximum atomic E-state index is 13.4.